The fourth-order valence-corrected chi connectivity index (χ4v) is 1.60. The second kappa shape index (κ2) is 8.74. The van der Waals surface area contributed by atoms with Crippen molar-refractivity contribution >= 4 is 12.0 Å². The van der Waals surface area contributed by atoms with Crippen LogP contribution in [0.25, 0.3) is 0 Å². The van der Waals surface area contributed by atoms with Crippen molar-refractivity contribution in [2.75, 3.05) is 13.2 Å². The van der Waals surface area contributed by atoms with Crippen molar-refractivity contribution < 1.29 is 14.3 Å². The Balaban J connectivity index is 2.31. The van der Waals surface area contributed by atoms with E-state index in [1.54, 1.807) is 13.8 Å². The number of benzene rings is 1. The van der Waals surface area contributed by atoms with Gasteiger partial charge in [0.05, 0.1) is 6.61 Å². The molecule has 0 aliphatic heterocycles. The SMILES string of the molecule is CCOC(=O)NC(=O)C=C(C)NCCc1ccccc1. The molecule has 5 heteroatoms. The Bertz CT molecular complexity index is 469. The average Bonchev–Trinajstić information content (AvgIpc) is 2.39. The van der Waals surface area contributed by atoms with Crippen LogP contribution < -0.4 is 10.6 Å². The van der Waals surface area contributed by atoms with Gasteiger partial charge in [-0.05, 0) is 25.8 Å². The summed E-state index contributed by atoms with van der Waals surface area (Å²) in [6.45, 7) is 4.40. The lowest BCUT2D eigenvalue weighted by molar-refractivity contribution is -0.115. The lowest BCUT2D eigenvalue weighted by Gasteiger charge is -2.07. The molecule has 0 atom stereocenters. The Morgan fingerprint density at radius 2 is 1.95 bits per heavy atom. The fraction of sp³-hybridized carbons (Fsp3) is 0.333. The number of carbonyl (C=O) groups excluding carboxylic acids is 2. The number of hydrogen-bond acceptors (Lipinski definition) is 4. The van der Waals surface area contributed by atoms with Crippen LogP contribution in [0.4, 0.5) is 4.79 Å². The van der Waals surface area contributed by atoms with Gasteiger partial charge in [0.1, 0.15) is 0 Å². The number of nitrogens with one attached hydrogen (secondary N) is 2. The van der Waals surface area contributed by atoms with Crippen LogP contribution in [0.1, 0.15) is 19.4 Å². The van der Waals surface area contributed by atoms with E-state index in [9.17, 15) is 9.59 Å². The number of rotatable bonds is 6. The standard InChI is InChI=1S/C15H20N2O3/c1-3-20-15(19)17-14(18)11-12(2)16-10-9-13-7-5-4-6-8-13/h4-8,11,16H,3,9-10H2,1-2H3,(H,17,18,19). The van der Waals surface area contributed by atoms with Crippen LogP contribution in [0, 0.1) is 0 Å². The van der Waals surface area contributed by atoms with Crippen LogP contribution >= 0.6 is 0 Å². The molecule has 1 rings (SSSR count). The number of hydrogen-bond donors (Lipinski definition) is 2. The topological polar surface area (TPSA) is 67.4 Å². The van der Waals surface area contributed by atoms with Crippen molar-refractivity contribution in [2.24, 2.45) is 0 Å². The molecule has 0 aliphatic rings. The van der Waals surface area contributed by atoms with Gasteiger partial charge in [0.2, 0.25) is 0 Å². The van der Waals surface area contributed by atoms with Gasteiger partial charge in [-0.3, -0.25) is 10.1 Å². The van der Waals surface area contributed by atoms with Crippen molar-refractivity contribution in [3.63, 3.8) is 0 Å². The number of ether oxygens (including phenoxy) is 1. The molecule has 0 unspecified atom stereocenters. The van der Waals surface area contributed by atoms with Gasteiger partial charge >= 0.3 is 6.09 Å². The lowest BCUT2D eigenvalue weighted by atomic mass is 10.1. The van der Waals surface area contributed by atoms with E-state index in [0.717, 1.165) is 13.0 Å². The molecule has 0 saturated carbocycles. The molecule has 1 aromatic rings. The number of alkyl carbamates (subject to hydrolysis) is 1. The fourth-order valence-electron chi connectivity index (χ4n) is 1.60. The van der Waals surface area contributed by atoms with E-state index in [1.807, 2.05) is 30.3 Å². The summed E-state index contributed by atoms with van der Waals surface area (Å²) in [6.07, 6.45) is 1.47. The number of amides is 2. The van der Waals surface area contributed by atoms with E-state index in [-0.39, 0.29) is 6.61 Å². The van der Waals surface area contributed by atoms with Crippen LogP contribution in [0.5, 0.6) is 0 Å². The third-order valence-electron chi connectivity index (χ3n) is 2.51. The minimum Gasteiger partial charge on any atom is -0.450 e. The maximum Gasteiger partial charge on any atom is 0.414 e. The highest BCUT2D eigenvalue weighted by molar-refractivity contribution is 5.98. The molecule has 1 aromatic carbocycles. The van der Waals surface area contributed by atoms with Crippen molar-refractivity contribution in [3.8, 4) is 0 Å². The second-order valence-electron chi connectivity index (χ2n) is 4.20. The summed E-state index contributed by atoms with van der Waals surface area (Å²) in [4.78, 5) is 22.5. The predicted molar refractivity (Wildman–Crippen MR) is 77.1 cm³/mol. The van der Waals surface area contributed by atoms with Crippen LogP contribution in [-0.2, 0) is 16.0 Å². The quantitative estimate of drug-likeness (QED) is 0.780. The third-order valence-corrected chi connectivity index (χ3v) is 2.51. The Hall–Kier alpha value is -2.30. The second-order valence-corrected chi connectivity index (χ2v) is 4.20. The molecule has 0 aromatic heterocycles. The van der Waals surface area contributed by atoms with Gasteiger partial charge in [-0.2, -0.15) is 0 Å². The van der Waals surface area contributed by atoms with Crippen LogP contribution in [0.15, 0.2) is 42.1 Å². The predicted octanol–water partition coefficient (Wildman–Crippen LogP) is 2.00. The van der Waals surface area contributed by atoms with E-state index in [4.69, 9.17) is 0 Å². The molecule has 20 heavy (non-hydrogen) atoms. The summed E-state index contributed by atoms with van der Waals surface area (Å²) in [5, 5.41) is 5.22. The molecule has 0 saturated heterocycles. The summed E-state index contributed by atoms with van der Waals surface area (Å²) in [5.74, 6) is -0.492. The molecule has 0 heterocycles. The van der Waals surface area contributed by atoms with E-state index in [0.29, 0.717) is 5.70 Å². The largest absolute Gasteiger partial charge is 0.450 e. The summed E-state index contributed by atoms with van der Waals surface area (Å²) >= 11 is 0. The van der Waals surface area contributed by atoms with Crippen molar-refractivity contribution in [2.45, 2.75) is 20.3 Å². The molecule has 0 aliphatic carbocycles. The smallest absolute Gasteiger partial charge is 0.414 e. The molecule has 5 nitrogen and oxygen atoms in total. The highest BCUT2D eigenvalue weighted by Gasteiger charge is 2.05. The molecule has 0 spiro atoms. The van der Waals surface area contributed by atoms with E-state index >= 15 is 0 Å². The number of allylic oxidation sites excluding steroid dienone is 1. The molecular weight excluding hydrogens is 256 g/mol. The van der Waals surface area contributed by atoms with Gasteiger partial charge < -0.3 is 10.1 Å². The van der Waals surface area contributed by atoms with Gasteiger partial charge in [-0.15, -0.1) is 0 Å². The Morgan fingerprint density at radius 1 is 1.25 bits per heavy atom. The molecular formula is C15H20N2O3. The minimum atomic E-state index is -0.731. The molecule has 2 N–H and O–H groups in total. The zero-order valence-electron chi connectivity index (χ0n) is 11.8. The van der Waals surface area contributed by atoms with E-state index in [2.05, 4.69) is 15.4 Å². The normalized spacial score (nSPS) is 10.8. The van der Waals surface area contributed by atoms with Crippen LogP contribution in [0.3, 0.4) is 0 Å². The Labute approximate surface area is 119 Å². The molecule has 0 fully saturated rings. The van der Waals surface area contributed by atoms with Crippen LogP contribution in [0.2, 0.25) is 0 Å². The lowest BCUT2D eigenvalue weighted by Crippen LogP contribution is -2.30. The third kappa shape index (κ3) is 6.58. The van der Waals surface area contributed by atoms with Gasteiger partial charge in [0.25, 0.3) is 5.91 Å². The first-order valence-electron chi connectivity index (χ1n) is 6.55. The van der Waals surface area contributed by atoms with Gasteiger partial charge in [-0.25, -0.2) is 4.79 Å². The Kier molecular flexibility index (Phi) is 6.89. The van der Waals surface area contributed by atoms with Crippen molar-refractivity contribution in [1.82, 2.24) is 10.6 Å². The summed E-state index contributed by atoms with van der Waals surface area (Å²) in [6, 6.07) is 10.1. The minimum absolute atomic E-state index is 0.233. The van der Waals surface area contributed by atoms with E-state index < -0.39 is 12.0 Å². The number of imide groups is 1. The number of carbonyl (C=O) groups is 2. The maximum absolute atomic E-state index is 11.4. The highest BCUT2D eigenvalue weighted by Crippen LogP contribution is 1.99. The average molecular weight is 276 g/mol. The van der Waals surface area contributed by atoms with Gasteiger partial charge in [0.15, 0.2) is 0 Å². The zero-order valence-corrected chi connectivity index (χ0v) is 11.8. The summed E-state index contributed by atoms with van der Waals surface area (Å²) in [5.41, 5.74) is 1.92. The molecule has 0 radical (unpaired) electrons. The van der Waals surface area contributed by atoms with Crippen molar-refractivity contribution in [3.05, 3.63) is 47.7 Å². The summed E-state index contributed by atoms with van der Waals surface area (Å²) in [7, 11) is 0. The highest BCUT2D eigenvalue weighted by atomic mass is 16.5. The van der Waals surface area contributed by atoms with Gasteiger partial charge in [-0.1, -0.05) is 30.3 Å². The first-order valence-corrected chi connectivity index (χ1v) is 6.55. The van der Waals surface area contributed by atoms with Crippen molar-refractivity contribution in [1.29, 1.82) is 0 Å². The molecule has 0 bridgehead atoms. The van der Waals surface area contributed by atoms with Gasteiger partial charge in [0, 0.05) is 18.3 Å². The zero-order chi connectivity index (χ0) is 14.8. The van der Waals surface area contributed by atoms with Crippen LogP contribution in [-0.4, -0.2) is 25.2 Å². The summed E-state index contributed by atoms with van der Waals surface area (Å²) < 4.78 is 4.61. The Morgan fingerprint density at radius 3 is 2.60 bits per heavy atom. The monoisotopic (exact) mass is 276 g/mol. The molecule has 108 valence electrons. The van der Waals surface area contributed by atoms with E-state index in [1.165, 1.54) is 11.6 Å². The first-order chi connectivity index (χ1) is 9.61. The maximum atomic E-state index is 11.4. The first kappa shape index (κ1) is 15.8. The molecule has 2 amide bonds.